The van der Waals surface area contributed by atoms with Crippen LogP contribution in [-0.2, 0) is 43.5 Å². The number of thioether (sulfide) groups is 1. The molecule has 1 aromatic carbocycles. The quantitative estimate of drug-likeness (QED) is 0.0857. The highest BCUT2D eigenvalue weighted by Gasteiger charge is 2.24. The Bertz CT molecular complexity index is 1430. The van der Waals surface area contributed by atoms with Crippen LogP contribution >= 0.6 is 11.8 Å². The molecule has 2 unspecified atom stereocenters. The van der Waals surface area contributed by atoms with Gasteiger partial charge in [0, 0.05) is 49.7 Å². The second-order valence-electron chi connectivity index (χ2n) is 13.3. The van der Waals surface area contributed by atoms with Crippen molar-refractivity contribution in [2.45, 2.75) is 118 Å². The second-order valence-corrected chi connectivity index (χ2v) is 14.3. The second kappa shape index (κ2) is 26.5. The first-order chi connectivity index (χ1) is 25.2. The molecule has 0 aliphatic rings. The van der Waals surface area contributed by atoms with E-state index in [1.807, 2.05) is 46.1 Å². The molecule has 2 rings (SSSR count). The van der Waals surface area contributed by atoms with Crippen molar-refractivity contribution >= 4 is 47.1 Å². The van der Waals surface area contributed by atoms with E-state index in [1.54, 1.807) is 18.3 Å². The molecule has 15 nitrogen and oxygen atoms in total. The first-order valence-electron chi connectivity index (χ1n) is 18.3. The smallest absolute Gasteiger partial charge is 0.326 e. The number of aryl methyl sites for hydroxylation is 1. The molecule has 0 fully saturated rings. The number of rotatable bonds is 24. The Kier molecular flexibility index (Phi) is 23.3. The summed E-state index contributed by atoms with van der Waals surface area (Å²) in [6, 6.07) is 5.35. The molecule has 53 heavy (non-hydrogen) atoms. The molecule has 1 aromatic heterocycles. The van der Waals surface area contributed by atoms with Crippen molar-refractivity contribution < 1.29 is 33.9 Å². The van der Waals surface area contributed by atoms with E-state index in [9.17, 15) is 33.9 Å². The first kappa shape index (κ1) is 46.7. The van der Waals surface area contributed by atoms with Gasteiger partial charge in [-0.3, -0.25) is 24.0 Å². The standard InChI is InChI=1S/C34H52N8O7S.C3H8/c1-22(2)29(43)21-42-20-26(40-41-42)13-14-30(44)35-16-7-6-8-28(34(48)49)38-31(45)19-37-33(47)27(15-17-50-5)39-32(46)25-11-9-24(10-12-25)18-36-23(3)4;1-3-2/h9-12,20,22-23,27-28,36H,6-8,13-19,21H2,1-5H3,(H,35,44)(H,37,47)(H,38,45)(H,39,46)(H,48,49);3H2,1-2H3. The molecule has 16 heteroatoms. The van der Waals surface area contributed by atoms with E-state index in [-0.39, 0.29) is 37.0 Å². The molecule has 0 spiro atoms. The molecule has 0 saturated carbocycles. The van der Waals surface area contributed by atoms with Gasteiger partial charge in [0.1, 0.15) is 18.6 Å². The number of Topliss-reactive ketones (excluding diaryl/α,β-unsaturated/α-hetero) is 1. The van der Waals surface area contributed by atoms with E-state index in [0.717, 1.165) is 5.56 Å². The minimum absolute atomic E-state index is 0.0386. The number of aromatic nitrogens is 3. The van der Waals surface area contributed by atoms with Crippen LogP contribution in [0.5, 0.6) is 0 Å². The number of benzene rings is 1. The van der Waals surface area contributed by atoms with Gasteiger partial charge in [0.05, 0.1) is 12.2 Å². The van der Waals surface area contributed by atoms with Crippen molar-refractivity contribution in [2.75, 3.05) is 25.1 Å². The average molecular weight is 761 g/mol. The number of amides is 4. The van der Waals surface area contributed by atoms with Crippen LogP contribution in [0, 0.1) is 5.92 Å². The summed E-state index contributed by atoms with van der Waals surface area (Å²) in [6.07, 6.45) is 6.70. The Morgan fingerprint density at radius 2 is 1.57 bits per heavy atom. The molecule has 1 heterocycles. The zero-order chi connectivity index (χ0) is 39.8. The molecular formula is C37H60N8O7S. The highest BCUT2D eigenvalue weighted by Crippen LogP contribution is 2.08. The van der Waals surface area contributed by atoms with Gasteiger partial charge in [0.2, 0.25) is 17.7 Å². The Hall–Kier alpha value is -4.31. The predicted molar refractivity (Wildman–Crippen MR) is 206 cm³/mol. The van der Waals surface area contributed by atoms with Gasteiger partial charge in [-0.15, -0.1) is 5.10 Å². The number of carboxylic acids is 1. The Morgan fingerprint density at radius 1 is 0.887 bits per heavy atom. The third-order valence-corrected chi connectivity index (χ3v) is 8.26. The summed E-state index contributed by atoms with van der Waals surface area (Å²) in [6.45, 7) is 12.6. The van der Waals surface area contributed by atoms with Gasteiger partial charge in [-0.1, -0.05) is 65.3 Å². The fraction of sp³-hybridized carbons (Fsp3) is 0.622. The number of nitrogens with zero attached hydrogens (tertiary/aromatic N) is 3. The molecule has 296 valence electrons. The van der Waals surface area contributed by atoms with E-state index in [1.165, 1.54) is 22.9 Å². The third kappa shape index (κ3) is 20.5. The molecule has 0 aliphatic carbocycles. The SMILES string of the molecule is CCC.CSCCC(NC(=O)c1ccc(CNC(C)C)cc1)C(=O)NCC(=O)NC(CCCCNC(=O)CCc1cn(CC(=O)C(C)C)nn1)C(=O)O. The van der Waals surface area contributed by atoms with Gasteiger partial charge in [-0.05, 0) is 55.4 Å². The molecule has 0 saturated heterocycles. The summed E-state index contributed by atoms with van der Waals surface area (Å²) in [5.41, 5.74) is 2.02. The van der Waals surface area contributed by atoms with Crippen molar-refractivity contribution in [1.29, 1.82) is 0 Å². The maximum Gasteiger partial charge on any atom is 0.326 e. The van der Waals surface area contributed by atoms with Crippen molar-refractivity contribution in [3.05, 3.63) is 47.3 Å². The van der Waals surface area contributed by atoms with Crippen molar-refractivity contribution in [1.82, 2.24) is 41.6 Å². The highest BCUT2D eigenvalue weighted by molar-refractivity contribution is 7.98. The number of hydrogen-bond acceptors (Lipinski definition) is 10. The minimum atomic E-state index is -1.21. The number of unbranched alkanes of at least 4 members (excludes halogenated alkanes) is 1. The fourth-order valence-corrected chi connectivity index (χ4v) is 5.01. The van der Waals surface area contributed by atoms with Crippen molar-refractivity contribution in [3.8, 4) is 0 Å². The van der Waals surface area contributed by atoms with Crippen molar-refractivity contribution in [3.63, 3.8) is 0 Å². The van der Waals surface area contributed by atoms with Gasteiger partial charge in [-0.2, -0.15) is 11.8 Å². The monoisotopic (exact) mass is 760 g/mol. The molecule has 0 bridgehead atoms. The van der Waals surface area contributed by atoms with Crippen LogP contribution in [-0.4, -0.2) is 98.7 Å². The molecule has 0 radical (unpaired) electrons. The van der Waals surface area contributed by atoms with Crippen LogP contribution in [0.3, 0.4) is 0 Å². The Morgan fingerprint density at radius 3 is 2.17 bits per heavy atom. The topological polar surface area (TPSA) is 214 Å². The summed E-state index contributed by atoms with van der Waals surface area (Å²) >= 11 is 1.51. The zero-order valence-electron chi connectivity index (χ0n) is 32.3. The molecule has 2 atom stereocenters. The first-order valence-corrected chi connectivity index (χ1v) is 19.7. The molecule has 6 N–H and O–H groups in total. The zero-order valence-corrected chi connectivity index (χ0v) is 33.1. The van der Waals surface area contributed by atoms with Gasteiger partial charge in [0.15, 0.2) is 5.78 Å². The Balaban J connectivity index is 0.00000452. The van der Waals surface area contributed by atoms with Crippen LogP contribution in [0.15, 0.2) is 30.5 Å². The lowest BCUT2D eigenvalue weighted by Gasteiger charge is -2.19. The van der Waals surface area contributed by atoms with E-state index >= 15 is 0 Å². The van der Waals surface area contributed by atoms with Crippen LogP contribution in [0.1, 0.15) is 102 Å². The maximum absolute atomic E-state index is 12.9. The molecule has 4 amide bonds. The number of hydrogen-bond donors (Lipinski definition) is 6. The van der Waals surface area contributed by atoms with Gasteiger partial charge >= 0.3 is 5.97 Å². The van der Waals surface area contributed by atoms with E-state index in [2.05, 4.69) is 50.7 Å². The van der Waals surface area contributed by atoms with E-state index < -0.39 is 42.3 Å². The van der Waals surface area contributed by atoms with Crippen LogP contribution < -0.4 is 26.6 Å². The summed E-state index contributed by atoms with van der Waals surface area (Å²) in [5.74, 6) is -2.53. The summed E-state index contributed by atoms with van der Waals surface area (Å²) < 4.78 is 1.46. The summed E-state index contributed by atoms with van der Waals surface area (Å²) in [5, 5.41) is 31.3. The maximum atomic E-state index is 12.9. The lowest BCUT2D eigenvalue weighted by molar-refractivity contribution is -0.142. The number of carbonyl (C=O) groups excluding carboxylic acids is 5. The summed E-state index contributed by atoms with van der Waals surface area (Å²) in [4.78, 5) is 74.2. The summed E-state index contributed by atoms with van der Waals surface area (Å²) in [7, 11) is 0. The third-order valence-electron chi connectivity index (χ3n) is 7.62. The number of carboxylic acid groups (broad SMARTS) is 1. The van der Waals surface area contributed by atoms with Crippen LogP contribution in [0.2, 0.25) is 0 Å². The van der Waals surface area contributed by atoms with Gasteiger partial charge in [0.25, 0.3) is 5.91 Å². The Labute approximate surface area is 318 Å². The largest absolute Gasteiger partial charge is 0.480 e. The van der Waals surface area contributed by atoms with Gasteiger partial charge < -0.3 is 31.7 Å². The normalized spacial score (nSPS) is 11.9. The van der Waals surface area contributed by atoms with Gasteiger partial charge in [-0.25, -0.2) is 9.48 Å². The van der Waals surface area contributed by atoms with Crippen LogP contribution in [0.25, 0.3) is 0 Å². The van der Waals surface area contributed by atoms with Crippen molar-refractivity contribution in [2.24, 2.45) is 5.92 Å². The number of ketones is 1. The molecule has 0 aliphatic heterocycles. The number of aliphatic carboxylic acids is 1. The number of carbonyl (C=O) groups is 6. The fourth-order valence-electron chi connectivity index (χ4n) is 4.54. The van der Waals surface area contributed by atoms with E-state index in [0.29, 0.717) is 61.8 Å². The highest BCUT2D eigenvalue weighted by atomic mass is 32.2. The minimum Gasteiger partial charge on any atom is -0.480 e. The average Bonchev–Trinajstić information content (AvgIpc) is 3.57. The lowest BCUT2D eigenvalue weighted by atomic mass is 10.1. The molecular weight excluding hydrogens is 701 g/mol. The van der Waals surface area contributed by atoms with E-state index in [4.69, 9.17) is 0 Å². The predicted octanol–water partition coefficient (Wildman–Crippen LogP) is 2.87. The molecule has 2 aromatic rings. The van der Waals surface area contributed by atoms with Crippen LogP contribution in [0.4, 0.5) is 0 Å². The number of nitrogens with one attached hydrogen (secondary N) is 5. The lowest BCUT2D eigenvalue weighted by Crippen LogP contribution is -2.51.